The van der Waals surface area contributed by atoms with Gasteiger partial charge in [-0.25, -0.2) is 4.79 Å². The van der Waals surface area contributed by atoms with Crippen LogP contribution >= 0.6 is 0 Å². The van der Waals surface area contributed by atoms with Gasteiger partial charge in [0, 0.05) is 17.1 Å². The minimum absolute atomic E-state index is 0.266. The average molecular weight is 408 g/mol. The van der Waals surface area contributed by atoms with Crippen LogP contribution in [-0.4, -0.2) is 23.1 Å². The third kappa shape index (κ3) is 4.64. The molecule has 2 aromatic heterocycles. The molecule has 0 unspecified atom stereocenters. The summed E-state index contributed by atoms with van der Waals surface area (Å²) in [6, 6.07) is 11.4. The first kappa shape index (κ1) is 21.4. The Bertz CT molecular complexity index is 1050. The molecule has 0 aliphatic heterocycles. The Morgan fingerprint density at radius 1 is 1.13 bits per heavy atom. The maximum Gasteiger partial charge on any atom is 0.340 e. The lowest BCUT2D eigenvalue weighted by Gasteiger charge is -2.16. The second-order valence-corrected chi connectivity index (χ2v) is 7.77. The van der Waals surface area contributed by atoms with Gasteiger partial charge in [-0.3, -0.25) is 4.79 Å². The monoisotopic (exact) mass is 408 g/mol. The molecule has 1 N–H and O–H groups in total. The quantitative estimate of drug-likeness (QED) is 0.560. The summed E-state index contributed by atoms with van der Waals surface area (Å²) in [4.78, 5) is 25.0. The molecule has 3 rings (SSSR count). The number of esters is 1. The van der Waals surface area contributed by atoms with Gasteiger partial charge in [-0.05, 0) is 56.0 Å². The number of aryl methyl sites for hydroxylation is 2. The first-order valence-corrected chi connectivity index (χ1v) is 10.0. The Morgan fingerprint density at radius 2 is 1.90 bits per heavy atom. The number of nitrogens with one attached hydrogen (secondary N) is 1. The van der Waals surface area contributed by atoms with Gasteiger partial charge in [0.05, 0.1) is 18.4 Å². The summed E-state index contributed by atoms with van der Waals surface area (Å²) in [5.74, 6) is 0.194. The number of anilines is 1. The van der Waals surface area contributed by atoms with Gasteiger partial charge in [0.25, 0.3) is 5.91 Å². The number of rotatable bonds is 7. The molecular formula is C24H28N2O4. The fraction of sp³-hybridized carbons (Fsp3) is 0.333. The highest BCUT2D eigenvalue weighted by atomic mass is 16.5. The van der Waals surface area contributed by atoms with Gasteiger partial charge in [-0.1, -0.05) is 32.0 Å². The molecule has 0 saturated heterocycles. The number of carbonyl (C=O) groups is 2. The van der Waals surface area contributed by atoms with Crippen molar-refractivity contribution in [2.75, 3.05) is 11.9 Å². The van der Waals surface area contributed by atoms with E-state index in [9.17, 15) is 9.59 Å². The maximum absolute atomic E-state index is 12.6. The largest absolute Gasteiger partial charge is 0.467 e. The van der Waals surface area contributed by atoms with Gasteiger partial charge in [0.2, 0.25) is 0 Å². The van der Waals surface area contributed by atoms with Gasteiger partial charge in [0.15, 0.2) is 6.61 Å². The molecule has 0 radical (unpaired) electrons. The number of benzene rings is 1. The summed E-state index contributed by atoms with van der Waals surface area (Å²) in [6.07, 6.45) is 1.62. The Kier molecular flexibility index (Phi) is 6.45. The van der Waals surface area contributed by atoms with Crippen molar-refractivity contribution in [2.24, 2.45) is 0 Å². The van der Waals surface area contributed by atoms with Gasteiger partial charge < -0.3 is 19.0 Å². The summed E-state index contributed by atoms with van der Waals surface area (Å²) in [5.41, 5.74) is 4.95. The van der Waals surface area contributed by atoms with Crippen molar-refractivity contribution in [1.29, 1.82) is 0 Å². The number of ether oxygens (including phenoxy) is 1. The molecule has 0 saturated carbocycles. The number of hydrogen-bond acceptors (Lipinski definition) is 4. The van der Waals surface area contributed by atoms with E-state index >= 15 is 0 Å². The molecular weight excluding hydrogens is 380 g/mol. The molecule has 0 aliphatic carbocycles. The van der Waals surface area contributed by atoms with Crippen LogP contribution in [0.5, 0.6) is 0 Å². The predicted octanol–water partition coefficient (Wildman–Crippen LogP) is 4.97. The van der Waals surface area contributed by atoms with Crippen molar-refractivity contribution in [3.05, 3.63) is 76.5 Å². The zero-order valence-electron chi connectivity index (χ0n) is 18.1. The first-order valence-electron chi connectivity index (χ1n) is 10.0. The molecule has 0 atom stereocenters. The van der Waals surface area contributed by atoms with E-state index in [1.54, 1.807) is 12.3 Å². The van der Waals surface area contributed by atoms with Crippen molar-refractivity contribution >= 4 is 17.6 Å². The van der Waals surface area contributed by atoms with Crippen LogP contribution in [0.25, 0.3) is 0 Å². The van der Waals surface area contributed by atoms with E-state index < -0.39 is 5.97 Å². The van der Waals surface area contributed by atoms with E-state index in [2.05, 4.69) is 19.2 Å². The van der Waals surface area contributed by atoms with Crippen molar-refractivity contribution < 1.29 is 18.7 Å². The molecule has 6 nitrogen and oxygen atoms in total. The number of furan rings is 1. The lowest BCUT2D eigenvalue weighted by Crippen LogP contribution is -2.22. The topological polar surface area (TPSA) is 73.5 Å². The second-order valence-electron chi connectivity index (χ2n) is 7.77. The van der Waals surface area contributed by atoms with E-state index in [4.69, 9.17) is 9.15 Å². The van der Waals surface area contributed by atoms with Crippen molar-refractivity contribution in [1.82, 2.24) is 4.57 Å². The third-order valence-electron chi connectivity index (χ3n) is 5.21. The molecule has 2 heterocycles. The lowest BCUT2D eigenvalue weighted by atomic mass is 9.98. The molecule has 158 valence electrons. The SMILES string of the molecule is Cc1cccc(C(C)C)c1NC(=O)COC(=O)c1cc(C)n(Cc2ccco2)c1C. The van der Waals surface area contributed by atoms with Crippen LogP contribution in [0, 0.1) is 20.8 Å². The summed E-state index contributed by atoms with van der Waals surface area (Å²) < 4.78 is 12.7. The fourth-order valence-electron chi connectivity index (χ4n) is 3.54. The van der Waals surface area contributed by atoms with Crippen molar-refractivity contribution in [3.8, 4) is 0 Å². The molecule has 30 heavy (non-hydrogen) atoms. The van der Waals surface area contributed by atoms with E-state index in [0.29, 0.717) is 12.1 Å². The van der Waals surface area contributed by atoms with Crippen LogP contribution in [-0.2, 0) is 16.1 Å². The van der Waals surface area contributed by atoms with E-state index in [0.717, 1.165) is 34.0 Å². The molecule has 0 bridgehead atoms. The smallest absolute Gasteiger partial charge is 0.340 e. The van der Waals surface area contributed by atoms with Crippen LogP contribution in [0.3, 0.4) is 0 Å². The van der Waals surface area contributed by atoms with Gasteiger partial charge in [0.1, 0.15) is 5.76 Å². The maximum atomic E-state index is 12.6. The van der Waals surface area contributed by atoms with Crippen LogP contribution in [0.1, 0.15) is 58.4 Å². The van der Waals surface area contributed by atoms with Crippen molar-refractivity contribution in [2.45, 2.75) is 47.1 Å². The highest BCUT2D eigenvalue weighted by Gasteiger charge is 2.19. The zero-order chi connectivity index (χ0) is 21.8. The lowest BCUT2D eigenvalue weighted by molar-refractivity contribution is -0.119. The zero-order valence-corrected chi connectivity index (χ0v) is 18.1. The van der Waals surface area contributed by atoms with Gasteiger partial charge in [-0.15, -0.1) is 0 Å². The number of nitrogens with zero attached hydrogens (tertiary/aromatic N) is 1. The van der Waals surface area contributed by atoms with Crippen LogP contribution in [0.2, 0.25) is 0 Å². The minimum atomic E-state index is -0.516. The number of aromatic nitrogens is 1. The number of para-hydroxylation sites is 1. The molecule has 0 aliphatic rings. The normalized spacial score (nSPS) is 11.0. The molecule has 6 heteroatoms. The Balaban J connectivity index is 1.66. The fourth-order valence-corrected chi connectivity index (χ4v) is 3.54. The molecule has 0 spiro atoms. The van der Waals surface area contributed by atoms with E-state index in [1.807, 2.05) is 55.7 Å². The average Bonchev–Trinajstić information content (AvgIpc) is 3.31. The highest BCUT2D eigenvalue weighted by Crippen LogP contribution is 2.27. The Hall–Kier alpha value is -3.28. The predicted molar refractivity (Wildman–Crippen MR) is 116 cm³/mol. The minimum Gasteiger partial charge on any atom is -0.467 e. The molecule has 3 aromatic rings. The number of hydrogen-bond donors (Lipinski definition) is 1. The van der Waals surface area contributed by atoms with Crippen LogP contribution in [0.15, 0.2) is 47.1 Å². The first-order chi connectivity index (χ1) is 14.3. The molecule has 1 aromatic carbocycles. The third-order valence-corrected chi connectivity index (χ3v) is 5.21. The number of amides is 1. The highest BCUT2D eigenvalue weighted by molar-refractivity contribution is 5.97. The Labute approximate surface area is 176 Å². The summed E-state index contributed by atoms with van der Waals surface area (Å²) in [6.45, 7) is 10.1. The van der Waals surface area contributed by atoms with Gasteiger partial charge >= 0.3 is 5.97 Å². The summed E-state index contributed by atoms with van der Waals surface area (Å²) in [5, 5.41) is 2.89. The van der Waals surface area contributed by atoms with Gasteiger partial charge in [-0.2, -0.15) is 0 Å². The molecule has 1 amide bonds. The molecule has 0 fully saturated rings. The van der Waals surface area contributed by atoms with Crippen LogP contribution in [0.4, 0.5) is 5.69 Å². The van der Waals surface area contributed by atoms with E-state index in [-0.39, 0.29) is 18.4 Å². The second kappa shape index (κ2) is 9.03. The van der Waals surface area contributed by atoms with Crippen LogP contribution < -0.4 is 5.32 Å². The van der Waals surface area contributed by atoms with E-state index in [1.165, 1.54) is 0 Å². The standard InChI is InChI=1S/C24H28N2O4/c1-15(2)20-10-6-8-16(3)23(20)25-22(27)14-30-24(28)21-12-17(4)26(18(21)5)13-19-9-7-11-29-19/h6-12,15H,13-14H2,1-5H3,(H,25,27). The van der Waals surface area contributed by atoms with Crippen molar-refractivity contribution in [3.63, 3.8) is 0 Å². The Morgan fingerprint density at radius 3 is 2.57 bits per heavy atom. The number of carbonyl (C=O) groups excluding carboxylic acids is 2. The summed E-state index contributed by atoms with van der Waals surface area (Å²) >= 11 is 0. The summed E-state index contributed by atoms with van der Waals surface area (Å²) in [7, 11) is 0.